The maximum Gasteiger partial charge on any atom is 0.137 e. The second kappa shape index (κ2) is 3.84. The first-order valence-electron chi connectivity index (χ1n) is 4.14. The van der Waals surface area contributed by atoms with Crippen molar-refractivity contribution in [1.29, 1.82) is 0 Å². The molecule has 0 atom stereocenters. The number of halogens is 1. The van der Waals surface area contributed by atoms with Crippen molar-refractivity contribution in [2.24, 2.45) is 0 Å². The van der Waals surface area contributed by atoms with E-state index in [1.54, 1.807) is 19.5 Å². The minimum absolute atomic E-state index is 0.811. The SMILES string of the molecule is COc1cc(Br)cc(-c2ncc[nH]2)c1. The lowest BCUT2D eigenvalue weighted by molar-refractivity contribution is 0.414. The Hall–Kier alpha value is -1.29. The number of hydrogen-bond donors (Lipinski definition) is 1. The number of ether oxygens (including phenoxy) is 1. The second-order valence-electron chi connectivity index (χ2n) is 2.82. The molecule has 0 bridgehead atoms. The molecule has 72 valence electrons. The van der Waals surface area contributed by atoms with Gasteiger partial charge in [0.25, 0.3) is 0 Å². The van der Waals surface area contributed by atoms with Crippen LogP contribution in [0.25, 0.3) is 11.4 Å². The third-order valence-electron chi connectivity index (χ3n) is 1.88. The highest BCUT2D eigenvalue weighted by atomic mass is 79.9. The van der Waals surface area contributed by atoms with Gasteiger partial charge in [-0.1, -0.05) is 15.9 Å². The zero-order chi connectivity index (χ0) is 9.97. The molecule has 0 amide bonds. The van der Waals surface area contributed by atoms with Crippen molar-refractivity contribution in [2.75, 3.05) is 7.11 Å². The van der Waals surface area contributed by atoms with E-state index in [9.17, 15) is 0 Å². The van der Waals surface area contributed by atoms with Crippen molar-refractivity contribution < 1.29 is 4.74 Å². The molecule has 0 aliphatic rings. The van der Waals surface area contributed by atoms with Crippen LogP contribution in [-0.4, -0.2) is 17.1 Å². The molecule has 1 aromatic heterocycles. The molecule has 4 heteroatoms. The van der Waals surface area contributed by atoms with E-state index in [0.29, 0.717) is 0 Å². The number of methoxy groups -OCH3 is 1. The lowest BCUT2D eigenvalue weighted by atomic mass is 10.2. The molecule has 0 unspecified atom stereocenters. The molecule has 3 nitrogen and oxygen atoms in total. The fourth-order valence-electron chi connectivity index (χ4n) is 1.24. The molecule has 1 N–H and O–H groups in total. The Morgan fingerprint density at radius 1 is 1.36 bits per heavy atom. The van der Waals surface area contributed by atoms with E-state index in [1.807, 2.05) is 18.2 Å². The molecule has 0 spiro atoms. The average molecular weight is 253 g/mol. The summed E-state index contributed by atoms with van der Waals surface area (Å²) in [5.74, 6) is 1.65. The Labute approximate surface area is 90.3 Å². The van der Waals surface area contributed by atoms with Crippen molar-refractivity contribution in [1.82, 2.24) is 9.97 Å². The summed E-state index contributed by atoms with van der Waals surface area (Å²) < 4.78 is 6.14. The van der Waals surface area contributed by atoms with Gasteiger partial charge in [0.15, 0.2) is 0 Å². The zero-order valence-corrected chi connectivity index (χ0v) is 9.21. The van der Waals surface area contributed by atoms with Gasteiger partial charge >= 0.3 is 0 Å². The van der Waals surface area contributed by atoms with Crippen molar-refractivity contribution in [3.05, 3.63) is 35.1 Å². The van der Waals surface area contributed by atoms with Crippen LogP contribution in [0, 0.1) is 0 Å². The quantitative estimate of drug-likeness (QED) is 0.893. The van der Waals surface area contributed by atoms with Crippen molar-refractivity contribution in [2.45, 2.75) is 0 Å². The normalized spacial score (nSPS) is 10.1. The number of rotatable bonds is 2. The number of aromatic nitrogens is 2. The van der Waals surface area contributed by atoms with Crippen molar-refractivity contribution in [3.63, 3.8) is 0 Å². The van der Waals surface area contributed by atoms with Gasteiger partial charge in [-0.15, -0.1) is 0 Å². The van der Waals surface area contributed by atoms with Gasteiger partial charge in [-0.2, -0.15) is 0 Å². The summed E-state index contributed by atoms with van der Waals surface area (Å²) in [6.07, 6.45) is 3.52. The van der Waals surface area contributed by atoms with Gasteiger partial charge in [-0.3, -0.25) is 0 Å². The van der Waals surface area contributed by atoms with Crippen LogP contribution in [0.15, 0.2) is 35.1 Å². The van der Waals surface area contributed by atoms with Gasteiger partial charge in [0.05, 0.1) is 7.11 Å². The first-order valence-corrected chi connectivity index (χ1v) is 4.93. The number of imidazole rings is 1. The van der Waals surface area contributed by atoms with Crippen LogP contribution in [0.5, 0.6) is 5.75 Å². The molecule has 1 aromatic carbocycles. The number of benzene rings is 1. The molecular weight excluding hydrogens is 244 g/mol. The van der Waals surface area contributed by atoms with E-state index in [2.05, 4.69) is 25.9 Å². The molecule has 2 aromatic rings. The maximum atomic E-state index is 5.16. The summed E-state index contributed by atoms with van der Waals surface area (Å²) >= 11 is 3.42. The highest BCUT2D eigenvalue weighted by molar-refractivity contribution is 9.10. The Morgan fingerprint density at radius 2 is 2.21 bits per heavy atom. The summed E-state index contributed by atoms with van der Waals surface area (Å²) in [4.78, 5) is 7.22. The van der Waals surface area contributed by atoms with Crippen LogP contribution >= 0.6 is 15.9 Å². The van der Waals surface area contributed by atoms with Gasteiger partial charge in [-0.05, 0) is 18.2 Å². The highest BCUT2D eigenvalue weighted by Crippen LogP contribution is 2.26. The smallest absolute Gasteiger partial charge is 0.137 e. The Morgan fingerprint density at radius 3 is 2.86 bits per heavy atom. The van der Waals surface area contributed by atoms with Crippen LogP contribution in [0.4, 0.5) is 0 Å². The number of hydrogen-bond acceptors (Lipinski definition) is 2. The van der Waals surface area contributed by atoms with E-state index in [-0.39, 0.29) is 0 Å². The molecule has 0 radical (unpaired) electrons. The van der Waals surface area contributed by atoms with Crippen molar-refractivity contribution in [3.8, 4) is 17.1 Å². The third-order valence-corrected chi connectivity index (χ3v) is 2.34. The number of nitrogens with zero attached hydrogens (tertiary/aromatic N) is 1. The van der Waals surface area contributed by atoms with Gasteiger partial charge < -0.3 is 9.72 Å². The van der Waals surface area contributed by atoms with E-state index in [1.165, 1.54) is 0 Å². The number of nitrogens with one attached hydrogen (secondary N) is 1. The maximum absolute atomic E-state index is 5.16. The Bertz CT molecular complexity index is 426. The largest absolute Gasteiger partial charge is 0.497 e. The zero-order valence-electron chi connectivity index (χ0n) is 7.62. The van der Waals surface area contributed by atoms with Crippen LogP contribution < -0.4 is 4.74 Å². The molecule has 0 saturated heterocycles. The van der Waals surface area contributed by atoms with Gasteiger partial charge in [0, 0.05) is 22.4 Å². The summed E-state index contributed by atoms with van der Waals surface area (Å²) in [5, 5.41) is 0. The summed E-state index contributed by atoms with van der Waals surface area (Å²) in [5.41, 5.74) is 1.00. The molecule has 0 saturated carbocycles. The summed E-state index contributed by atoms with van der Waals surface area (Å²) in [7, 11) is 1.65. The molecule has 14 heavy (non-hydrogen) atoms. The van der Waals surface area contributed by atoms with Gasteiger partial charge in [0.2, 0.25) is 0 Å². The van der Waals surface area contributed by atoms with Crippen LogP contribution in [-0.2, 0) is 0 Å². The first-order chi connectivity index (χ1) is 6.79. The fraction of sp³-hybridized carbons (Fsp3) is 0.100. The van der Waals surface area contributed by atoms with E-state index in [4.69, 9.17) is 4.74 Å². The molecule has 0 fully saturated rings. The van der Waals surface area contributed by atoms with Crippen LogP contribution in [0.2, 0.25) is 0 Å². The Balaban J connectivity index is 2.48. The third kappa shape index (κ3) is 1.80. The monoisotopic (exact) mass is 252 g/mol. The fourth-order valence-corrected chi connectivity index (χ4v) is 1.71. The average Bonchev–Trinajstić information content (AvgIpc) is 2.69. The van der Waals surface area contributed by atoms with E-state index in [0.717, 1.165) is 21.6 Å². The van der Waals surface area contributed by atoms with E-state index < -0.39 is 0 Å². The van der Waals surface area contributed by atoms with Crippen LogP contribution in [0.1, 0.15) is 0 Å². The minimum Gasteiger partial charge on any atom is -0.497 e. The molecule has 2 rings (SSSR count). The molecule has 0 aliphatic carbocycles. The topological polar surface area (TPSA) is 37.9 Å². The van der Waals surface area contributed by atoms with Gasteiger partial charge in [0.1, 0.15) is 11.6 Å². The molecule has 0 aliphatic heterocycles. The first kappa shape index (κ1) is 9.27. The predicted molar refractivity (Wildman–Crippen MR) is 58.3 cm³/mol. The minimum atomic E-state index is 0.811. The summed E-state index contributed by atoms with van der Waals surface area (Å²) in [6, 6.07) is 5.83. The van der Waals surface area contributed by atoms with Crippen molar-refractivity contribution >= 4 is 15.9 Å². The van der Waals surface area contributed by atoms with Crippen LogP contribution in [0.3, 0.4) is 0 Å². The lowest BCUT2D eigenvalue weighted by Crippen LogP contribution is -1.85. The van der Waals surface area contributed by atoms with Gasteiger partial charge in [-0.25, -0.2) is 4.98 Å². The lowest BCUT2D eigenvalue weighted by Gasteiger charge is -2.03. The predicted octanol–water partition coefficient (Wildman–Crippen LogP) is 2.85. The highest BCUT2D eigenvalue weighted by Gasteiger charge is 2.03. The second-order valence-corrected chi connectivity index (χ2v) is 3.73. The Kier molecular flexibility index (Phi) is 2.54. The summed E-state index contributed by atoms with van der Waals surface area (Å²) in [6.45, 7) is 0. The molecular formula is C10H9BrN2O. The number of aromatic amines is 1. The standard InChI is InChI=1S/C10H9BrN2O/c1-14-9-5-7(4-8(11)6-9)10-12-2-3-13-10/h2-6H,1H3,(H,12,13). The number of H-pyrrole nitrogens is 1. The molecule has 1 heterocycles. The van der Waals surface area contributed by atoms with E-state index >= 15 is 0 Å².